The van der Waals surface area contributed by atoms with E-state index in [1.165, 1.54) is 16.7 Å². The van der Waals surface area contributed by atoms with Crippen LogP contribution in [0.2, 0.25) is 0 Å². The number of nitrogens with zero attached hydrogens (tertiary/aromatic N) is 1. The van der Waals surface area contributed by atoms with Crippen molar-refractivity contribution < 1.29 is 13.9 Å². The Balaban J connectivity index is 1.75. The van der Waals surface area contributed by atoms with E-state index in [1.54, 1.807) is 24.4 Å². The molecule has 0 radical (unpaired) electrons. The molecule has 1 aromatic heterocycles. The molecule has 0 aliphatic rings. The molecule has 1 heterocycles. The van der Waals surface area contributed by atoms with Gasteiger partial charge in [0.1, 0.15) is 13.2 Å². The summed E-state index contributed by atoms with van der Waals surface area (Å²) in [5.41, 5.74) is 0.753. The van der Waals surface area contributed by atoms with Gasteiger partial charge >= 0.3 is 4.87 Å². The summed E-state index contributed by atoms with van der Waals surface area (Å²) in [6.07, 6.45) is 0. The second-order valence-corrected chi connectivity index (χ2v) is 5.18. The lowest BCUT2D eigenvalue weighted by molar-refractivity contribution is -0.121. The maximum Gasteiger partial charge on any atom is 0.307 e. The number of para-hydroxylation sites is 1. The van der Waals surface area contributed by atoms with E-state index in [4.69, 9.17) is 4.74 Å². The molecule has 0 aliphatic heterocycles. The summed E-state index contributed by atoms with van der Waals surface area (Å²) < 4.78 is 19.9. The molecule has 0 bridgehead atoms. The fraction of sp³-hybridized carbons (Fsp3) is 0.286. The number of halogens is 1. The second kappa shape index (κ2) is 7.03. The molecule has 0 aliphatic carbocycles. The van der Waals surface area contributed by atoms with Crippen LogP contribution in [0, 0.1) is 12.7 Å². The molecule has 1 aromatic carbocycles. The van der Waals surface area contributed by atoms with Gasteiger partial charge in [-0.25, -0.2) is 4.39 Å². The third-order valence-corrected chi connectivity index (χ3v) is 3.68. The van der Waals surface area contributed by atoms with Crippen LogP contribution in [0.3, 0.4) is 0 Å². The number of hydrogen-bond donors (Lipinski definition) is 1. The summed E-state index contributed by atoms with van der Waals surface area (Å²) in [5, 5.41) is 4.33. The smallest absolute Gasteiger partial charge is 0.307 e. The Morgan fingerprint density at radius 3 is 2.86 bits per heavy atom. The largest absolute Gasteiger partial charge is 0.489 e. The predicted octanol–water partition coefficient (Wildman–Crippen LogP) is 1.55. The summed E-state index contributed by atoms with van der Waals surface area (Å²) in [5.74, 6) is -0.573. The molecule has 21 heavy (non-hydrogen) atoms. The van der Waals surface area contributed by atoms with Crippen molar-refractivity contribution in [3.63, 3.8) is 0 Å². The zero-order valence-electron chi connectivity index (χ0n) is 11.5. The topological polar surface area (TPSA) is 60.3 Å². The predicted molar refractivity (Wildman–Crippen MR) is 78.2 cm³/mol. The number of carbonyl (C=O) groups excluding carboxylic acids is 1. The van der Waals surface area contributed by atoms with Gasteiger partial charge in [-0.05, 0) is 19.1 Å². The van der Waals surface area contributed by atoms with Gasteiger partial charge in [-0.1, -0.05) is 23.5 Å². The highest BCUT2D eigenvalue weighted by molar-refractivity contribution is 7.07. The maximum atomic E-state index is 13.3. The third kappa shape index (κ3) is 4.16. The van der Waals surface area contributed by atoms with E-state index in [2.05, 4.69) is 5.32 Å². The molecule has 5 nitrogen and oxygen atoms in total. The Morgan fingerprint density at radius 1 is 1.43 bits per heavy atom. The number of hydrogen-bond acceptors (Lipinski definition) is 4. The van der Waals surface area contributed by atoms with Crippen LogP contribution in [-0.2, 0) is 11.3 Å². The van der Waals surface area contributed by atoms with Gasteiger partial charge in [0.05, 0.1) is 6.54 Å². The number of thiazole rings is 1. The zero-order chi connectivity index (χ0) is 15.2. The summed E-state index contributed by atoms with van der Waals surface area (Å²) >= 11 is 1.06. The quantitative estimate of drug-likeness (QED) is 0.824. The number of nitrogens with one attached hydrogen (secondary N) is 1. The van der Waals surface area contributed by atoms with E-state index in [0.717, 1.165) is 17.0 Å². The Bertz CT molecular complexity index is 681. The first-order valence-corrected chi connectivity index (χ1v) is 7.25. The fourth-order valence-corrected chi connectivity index (χ4v) is 2.44. The molecule has 0 fully saturated rings. The molecule has 7 heteroatoms. The molecule has 0 atom stereocenters. The van der Waals surface area contributed by atoms with Gasteiger partial charge in [-0.2, -0.15) is 0 Å². The Morgan fingerprint density at radius 2 is 2.19 bits per heavy atom. The van der Waals surface area contributed by atoms with Crippen LogP contribution in [0.5, 0.6) is 5.75 Å². The lowest BCUT2D eigenvalue weighted by Crippen LogP contribution is -2.33. The molecule has 1 N–H and O–H groups in total. The summed E-state index contributed by atoms with van der Waals surface area (Å²) in [6.45, 7) is 2.15. The Hall–Kier alpha value is -2.15. The van der Waals surface area contributed by atoms with E-state index < -0.39 is 5.82 Å². The normalized spacial score (nSPS) is 10.4. The fourth-order valence-electron chi connectivity index (χ4n) is 1.71. The monoisotopic (exact) mass is 310 g/mol. The lowest BCUT2D eigenvalue weighted by atomic mass is 10.3. The van der Waals surface area contributed by atoms with E-state index in [1.807, 2.05) is 0 Å². The molecule has 0 saturated heterocycles. The average molecular weight is 310 g/mol. The van der Waals surface area contributed by atoms with Crippen molar-refractivity contribution in [1.29, 1.82) is 0 Å². The van der Waals surface area contributed by atoms with Gasteiger partial charge in [-0.3, -0.25) is 14.2 Å². The van der Waals surface area contributed by atoms with Crippen LogP contribution in [0.4, 0.5) is 4.39 Å². The number of carbonyl (C=O) groups is 1. The first-order valence-electron chi connectivity index (χ1n) is 6.37. The molecule has 1 amide bonds. The molecular formula is C14H15FN2O3S. The molecular weight excluding hydrogens is 295 g/mol. The van der Waals surface area contributed by atoms with Crippen LogP contribution in [0.1, 0.15) is 5.69 Å². The molecule has 0 spiro atoms. The molecule has 0 saturated carbocycles. The minimum absolute atomic E-state index is 0.0200. The summed E-state index contributed by atoms with van der Waals surface area (Å²) in [6, 6.07) is 6.07. The third-order valence-electron chi connectivity index (χ3n) is 2.80. The Kier molecular flexibility index (Phi) is 5.10. The zero-order valence-corrected chi connectivity index (χ0v) is 12.3. The van der Waals surface area contributed by atoms with Crippen LogP contribution in [-0.4, -0.2) is 23.6 Å². The van der Waals surface area contributed by atoms with E-state index >= 15 is 0 Å². The van der Waals surface area contributed by atoms with Crippen LogP contribution in [0.15, 0.2) is 34.4 Å². The molecule has 112 valence electrons. The first-order chi connectivity index (χ1) is 10.1. The van der Waals surface area contributed by atoms with E-state index in [-0.39, 0.29) is 36.2 Å². The van der Waals surface area contributed by atoms with E-state index in [0.29, 0.717) is 0 Å². The van der Waals surface area contributed by atoms with Gasteiger partial charge in [0.15, 0.2) is 11.6 Å². The highest BCUT2D eigenvalue weighted by atomic mass is 32.1. The number of aryl methyl sites for hydroxylation is 1. The summed E-state index contributed by atoms with van der Waals surface area (Å²) in [4.78, 5) is 23.0. The molecule has 2 aromatic rings. The molecule has 0 unspecified atom stereocenters. The van der Waals surface area contributed by atoms with Crippen LogP contribution >= 0.6 is 11.3 Å². The second-order valence-electron chi connectivity index (χ2n) is 4.36. The van der Waals surface area contributed by atoms with Crippen molar-refractivity contribution >= 4 is 17.2 Å². The Labute approximate surface area is 125 Å². The van der Waals surface area contributed by atoms with Crippen molar-refractivity contribution in [2.75, 3.05) is 13.2 Å². The number of benzene rings is 1. The van der Waals surface area contributed by atoms with Crippen molar-refractivity contribution in [2.45, 2.75) is 13.5 Å². The van der Waals surface area contributed by atoms with Crippen molar-refractivity contribution in [3.8, 4) is 5.75 Å². The first kappa shape index (κ1) is 15.2. The van der Waals surface area contributed by atoms with Crippen LogP contribution < -0.4 is 14.9 Å². The highest BCUT2D eigenvalue weighted by Crippen LogP contribution is 2.14. The number of amides is 1. The van der Waals surface area contributed by atoms with Crippen molar-refractivity contribution in [1.82, 2.24) is 9.88 Å². The number of aromatic nitrogens is 1. The lowest BCUT2D eigenvalue weighted by Gasteiger charge is -2.09. The van der Waals surface area contributed by atoms with Gasteiger partial charge in [-0.15, -0.1) is 0 Å². The highest BCUT2D eigenvalue weighted by Gasteiger charge is 2.08. The maximum absolute atomic E-state index is 13.3. The van der Waals surface area contributed by atoms with Crippen molar-refractivity contribution in [2.24, 2.45) is 0 Å². The minimum Gasteiger partial charge on any atom is -0.489 e. The van der Waals surface area contributed by atoms with Crippen molar-refractivity contribution in [3.05, 3.63) is 50.8 Å². The SMILES string of the molecule is Cc1csc(=O)n1CC(=O)NCCOc1ccccc1F. The molecule has 2 rings (SSSR count). The average Bonchev–Trinajstić information content (AvgIpc) is 2.77. The van der Waals surface area contributed by atoms with E-state index in [9.17, 15) is 14.0 Å². The number of ether oxygens (including phenoxy) is 1. The standard InChI is InChI=1S/C14H15FN2O3S/c1-10-9-21-14(19)17(10)8-13(18)16-6-7-20-12-5-3-2-4-11(12)15/h2-5,9H,6-8H2,1H3,(H,16,18). The number of rotatable bonds is 6. The van der Waals surface area contributed by atoms with Gasteiger partial charge in [0.2, 0.25) is 5.91 Å². The van der Waals surface area contributed by atoms with Gasteiger partial charge < -0.3 is 10.1 Å². The van der Waals surface area contributed by atoms with Gasteiger partial charge in [0, 0.05) is 11.1 Å². The minimum atomic E-state index is -0.440. The van der Waals surface area contributed by atoms with Gasteiger partial charge in [0.25, 0.3) is 0 Å². The van der Waals surface area contributed by atoms with Crippen LogP contribution in [0.25, 0.3) is 0 Å². The summed E-state index contributed by atoms with van der Waals surface area (Å²) in [7, 11) is 0.